The molecule has 2 aromatic carbocycles. The molecule has 2 aromatic rings. The summed E-state index contributed by atoms with van der Waals surface area (Å²) in [6.07, 6.45) is 1.63. The molecule has 0 aliphatic heterocycles. The van der Waals surface area contributed by atoms with Crippen LogP contribution in [0.5, 0.6) is 0 Å². The lowest BCUT2D eigenvalue weighted by Gasteiger charge is -2.17. The molecule has 2 rings (SSSR count). The van der Waals surface area contributed by atoms with Crippen molar-refractivity contribution < 1.29 is 4.92 Å². The Balaban J connectivity index is 2.25. The fraction of sp³-hybridized carbons (Fsp3) is 0.235. The SMILES string of the molecule is CCN(/N=C/c1ccc(NC)c([N+](=O)[O-])c1)c1ccc(C)cc1. The van der Waals surface area contributed by atoms with Crippen molar-refractivity contribution >= 4 is 23.3 Å². The molecule has 0 atom stereocenters. The van der Waals surface area contributed by atoms with Crippen molar-refractivity contribution in [3.05, 3.63) is 63.7 Å². The van der Waals surface area contributed by atoms with Gasteiger partial charge in [0.2, 0.25) is 0 Å². The highest BCUT2D eigenvalue weighted by molar-refractivity contribution is 5.83. The summed E-state index contributed by atoms with van der Waals surface area (Å²) in [5, 5.41) is 20.2. The van der Waals surface area contributed by atoms with Crippen LogP contribution in [-0.2, 0) is 0 Å². The highest BCUT2D eigenvalue weighted by Crippen LogP contribution is 2.24. The molecule has 0 radical (unpaired) electrons. The van der Waals surface area contributed by atoms with Crippen LogP contribution in [0.1, 0.15) is 18.1 Å². The lowest BCUT2D eigenvalue weighted by Crippen LogP contribution is -2.15. The molecular weight excluding hydrogens is 292 g/mol. The summed E-state index contributed by atoms with van der Waals surface area (Å²) in [4.78, 5) is 10.7. The zero-order valence-corrected chi connectivity index (χ0v) is 13.5. The van der Waals surface area contributed by atoms with Crippen LogP contribution in [0.2, 0.25) is 0 Å². The van der Waals surface area contributed by atoms with E-state index >= 15 is 0 Å². The van der Waals surface area contributed by atoms with Gasteiger partial charge in [0.25, 0.3) is 5.69 Å². The van der Waals surface area contributed by atoms with Crippen molar-refractivity contribution in [1.29, 1.82) is 0 Å². The molecule has 0 saturated heterocycles. The van der Waals surface area contributed by atoms with Crippen molar-refractivity contribution in [3.63, 3.8) is 0 Å². The summed E-state index contributed by atoms with van der Waals surface area (Å²) in [5.41, 5.74) is 3.37. The third kappa shape index (κ3) is 4.06. The number of benzene rings is 2. The molecule has 6 heteroatoms. The van der Waals surface area contributed by atoms with Crippen LogP contribution in [0, 0.1) is 17.0 Å². The molecule has 0 heterocycles. The molecule has 0 unspecified atom stereocenters. The first kappa shape index (κ1) is 16.5. The molecule has 0 aliphatic carbocycles. The number of hydrogen-bond donors (Lipinski definition) is 1. The van der Waals surface area contributed by atoms with Gasteiger partial charge >= 0.3 is 0 Å². The van der Waals surface area contributed by atoms with E-state index in [0.717, 1.165) is 5.69 Å². The lowest BCUT2D eigenvalue weighted by molar-refractivity contribution is -0.383. The average Bonchev–Trinajstić information content (AvgIpc) is 2.56. The number of rotatable bonds is 6. The first-order chi connectivity index (χ1) is 11.0. The second-order valence-electron chi connectivity index (χ2n) is 5.08. The minimum Gasteiger partial charge on any atom is -0.383 e. The van der Waals surface area contributed by atoms with Crippen molar-refractivity contribution in [2.45, 2.75) is 13.8 Å². The monoisotopic (exact) mass is 312 g/mol. The van der Waals surface area contributed by atoms with Gasteiger partial charge in [0.15, 0.2) is 0 Å². The number of anilines is 2. The number of nitrogens with zero attached hydrogens (tertiary/aromatic N) is 3. The van der Waals surface area contributed by atoms with Crippen LogP contribution >= 0.6 is 0 Å². The molecule has 6 nitrogen and oxygen atoms in total. The minimum atomic E-state index is -0.402. The molecule has 23 heavy (non-hydrogen) atoms. The van der Waals surface area contributed by atoms with E-state index in [1.165, 1.54) is 11.6 Å². The smallest absolute Gasteiger partial charge is 0.292 e. The van der Waals surface area contributed by atoms with Crippen molar-refractivity contribution in [1.82, 2.24) is 0 Å². The van der Waals surface area contributed by atoms with Crippen LogP contribution < -0.4 is 10.3 Å². The van der Waals surface area contributed by atoms with E-state index in [-0.39, 0.29) is 5.69 Å². The Hall–Kier alpha value is -2.89. The van der Waals surface area contributed by atoms with Crippen LogP contribution in [0.4, 0.5) is 17.1 Å². The molecule has 0 amide bonds. The van der Waals surface area contributed by atoms with Gasteiger partial charge in [-0.3, -0.25) is 15.1 Å². The predicted octanol–water partition coefficient (Wildman–Crippen LogP) is 3.81. The first-order valence-corrected chi connectivity index (χ1v) is 7.39. The third-order valence-electron chi connectivity index (χ3n) is 3.47. The second-order valence-corrected chi connectivity index (χ2v) is 5.08. The normalized spacial score (nSPS) is 10.7. The molecule has 0 saturated carbocycles. The Labute approximate surface area is 135 Å². The molecule has 0 aliphatic rings. The molecule has 0 aromatic heterocycles. The van der Waals surface area contributed by atoms with Gasteiger partial charge in [-0.1, -0.05) is 23.8 Å². The van der Waals surface area contributed by atoms with Crippen molar-refractivity contribution in [3.8, 4) is 0 Å². The van der Waals surface area contributed by atoms with E-state index in [2.05, 4.69) is 10.4 Å². The van der Waals surface area contributed by atoms with E-state index in [9.17, 15) is 10.1 Å². The van der Waals surface area contributed by atoms with Gasteiger partial charge in [-0.2, -0.15) is 5.10 Å². The molecular formula is C17H20N4O2. The van der Waals surface area contributed by atoms with Gasteiger partial charge in [-0.15, -0.1) is 0 Å². The molecule has 0 fully saturated rings. The van der Waals surface area contributed by atoms with Crippen LogP contribution in [-0.4, -0.2) is 24.7 Å². The standard InChI is InChI=1S/C17H20N4O2/c1-4-20(15-8-5-13(2)6-9-15)19-12-14-7-10-16(18-3)17(11-14)21(22)23/h5-12,18H,4H2,1-3H3/b19-12+. The van der Waals surface area contributed by atoms with E-state index in [1.54, 1.807) is 25.4 Å². The summed E-state index contributed by atoms with van der Waals surface area (Å²) in [6, 6.07) is 13.1. The Morgan fingerprint density at radius 2 is 1.96 bits per heavy atom. The van der Waals surface area contributed by atoms with Crippen molar-refractivity contribution in [2.24, 2.45) is 5.10 Å². The molecule has 1 N–H and O–H groups in total. The van der Waals surface area contributed by atoms with Gasteiger partial charge in [0.05, 0.1) is 16.8 Å². The highest BCUT2D eigenvalue weighted by Gasteiger charge is 2.12. The molecule has 0 spiro atoms. The maximum Gasteiger partial charge on any atom is 0.292 e. The first-order valence-electron chi connectivity index (χ1n) is 7.39. The zero-order chi connectivity index (χ0) is 16.8. The summed E-state index contributed by atoms with van der Waals surface area (Å²) in [7, 11) is 1.66. The van der Waals surface area contributed by atoms with Gasteiger partial charge in [0, 0.05) is 25.2 Å². The van der Waals surface area contributed by atoms with E-state index in [1.807, 2.05) is 43.1 Å². The second kappa shape index (κ2) is 7.40. The highest BCUT2D eigenvalue weighted by atomic mass is 16.6. The topological polar surface area (TPSA) is 70.8 Å². The van der Waals surface area contributed by atoms with Gasteiger partial charge < -0.3 is 5.32 Å². The minimum absolute atomic E-state index is 0.0369. The van der Waals surface area contributed by atoms with E-state index in [4.69, 9.17) is 0 Å². The summed E-state index contributed by atoms with van der Waals surface area (Å²) >= 11 is 0. The van der Waals surface area contributed by atoms with Gasteiger partial charge in [-0.25, -0.2) is 0 Å². The number of nitro groups is 1. The maximum atomic E-state index is 11.1. The van der Waals surface area contributed by atoms with E-state index in [0.29, 0.717) is 17.8 Å². The van der Waals surface area contributed by atoms with Gasteiger partial charge in [0.1, 0.15) is 5.69 Å². The van der Waals surface area contributed by atoms with Crippen LogP contribution in [0.15, 0.2) is 47.6 Å². The third-order valence-corrected chi connectivity index (χ3v) is 3.47. The summed E-state index contributed by atoms with van der Waals surface area (Å²) in [6.45, 7) is 4.74. The van der Waals surface area contributed by atoms with Crippen molar-refractivity contribution in [2.75, 3.05) is 23.9 Å². The maximum absolute atomic E-state index is 11.1. The molecule has 120 valence electrons. The number of nitro benzene ring substituents is 1. The number of hydrazone groups is 1. The summed E-state index contributed by atoms with van der Waals surface area (Å²) < 4.78 is 0. The Kier molecular flexibility index (Phi) is 5.30. The van der Waals surface area contributed by atoms with E-state index < -0.39 is 4.92 Å². The lowest BCUT2D eigenvalue weighted by atomic mass is 10.2. The summed E-state index contributed by atoms with van der Waals surface area (Å²) in [5.74, 6) is 0. The van der Waals surface area contributed by atoms with Gasteiger partial charge in [-0.05, 0) is 32.0 Å². The Bertz CT molecular complexity index is 711. The zero-order valence-electron chi connectivity index (χ0n) is 13.5. The van der Waals surface area contributed by atoms with Crippen LogP contribution in [0.3, 0.4) is 0 Å². The average molecular weight is 312 g/mol. The number of hydrogen-bond acceptors (Lipinski definition) is 5. The fourth-order valence-corrected chi connectivity index (χ4v) is 2.18. The molecule has 0 bridgehead atoms. The fourth-order valence-electron chi connectivity index (χ4n) is 2.18. The Morgan fingerprint density at radius 3 is 2.52 bits per heavy atom. The number of nitrogens with one attached hydrogen (secondary N) is 1. The predicted molar refractivity (Wildman–Crippen MR) is 94.4 cm³/mol. The van der Waals surface area contributed by atoms with Crippen LogP contribution in [0.25, 0.3) is 0 Å². The Morgan fingerprint density at radius 1 is 1.26 bits per heavy atom. The quantitative estimate of drug-likeness (QED) is 0.500. The largest absolute Gasteiger partial charge is 0.383 e. The number of aryl methyl sites for hydroxylation is 1.